The van der Waals surface area contributed by atoms with Crippen LogP contribution in [-0.4, -0.2) is 119 Å². The maximum absolute atomic E-state index is 14.2. The minimum absolute atomic E-state index is 0.0382. The minimum atomic E-state index is -2.83. The highest BCUT2D eigenvalue weighted by molar-refractivity contribution is 7.64. The fourth-order valence-electron chi connectivity index (χ4n) is 6.36. The summed E-state index contributed by atoms with van der Waals surface area (Å²) in [5, 5.41) is 3.43. The van der Waals surface area contributed by atoms with Crippen LogP contribution in [0.4, 0.5) is 11.4 Å². The highest BCUT2D eigenvalue weighted by Crippen LogP contribution is 2.46. The van der Waals surface area contributed by atoms with Gasteiger partial charge < -0.3 is 43.4 Å². The lowest BCUT2D eigenvalue weighted by Crippen LogP contribution is -2.36. The zero-order valence-electron chi connectivity index (χ0n) is 30.5. The molecule has 1 N–H and O–H groups in total. The molecule has 0 aliphatic carbocycles. The van der Waals surface area contributed by atoms with Crippen molar-refractivity contribution in [2.45, 2.75) is 33.2 Å². The summed E-state index contributed by atoms with van der Waals surface area (Å²) in [5.74, 6) is 4.38. The highest BCUT2D eigenvalue weighted by atomic mass is 31.2. The Morgan fingerprint density at radius 2 is 1.61 bits per heavy atom. The van der Waals surface area contributed by atoms with Gasteiger partial charge in [0, 0.05) is 63.9 Å². The van der Waals surface area contributed by atoms with Crippen LogP contribution in [-0.2, 0) is 9.30 Å². The molecule has 274 valence electrons. The SMILES string of the molecule is CC=C(C)CN1CC=C=Nc2cc(OCCP(=O)(CCOC)CCOc3cc4c(cc3OC)C(=O)N3CC(=CC)CC3CN4)c(OC)cc2C1=O. The van der Waals surface area contributed by atoms with Crippen LogP contribution in [0.15, 0.2) is 58.6 Å². The Bertz CT molecular complexity index is 1800. The summed E-state index contributed by atoms with van der Waals surface area (Å²) in [6.07, 6.45) is 7.54. The van der Waals surface area contributed by atoms with E-state index in [1.54, 1.807) is 42.4 Å². The summed E-state index contributed by atoms with van der Waals surface area (Å²) in [5.41, 5.74) is 4.36. The molecule has 51 heavy (non-hydrogen) atoms. The predicted molar refractivity (Wildman–Crippen MR) is 200 cm³/mol. The maximum atomic E-state index is 14.2. The number of methoxy groups -OCH3 is 3. The van der Waals surface area contributed by atoms with Gasteiger partial charge in [0.05, 0.1) is 69.7 Å². The molecular weight excluding hydrogens is 671 g/mol. The summed E-state index contributed by atoms with van der Waals surface area (Å²) in [6.45, 7) is 8.70. The molecule has 1 fully saturated rings. The molecule has 0 aromatic heterocycles. The number of carbonyl (C=O) groups is 2. The van der Waals surface area contributed by atoms with Crippen LogP contribution < -0.4 is 24.3 Å². The quantitative estimate of drug-likeness (QED) is 0.173. The van der Waals surface area contributed by atoms with Crippen LogP contribution in [0.25, 0.3) is 0 Å². The number of benzene rings is 2. The number of anilines is 1. The fraction of sp³-hybridized carbons (Fsp3) is 0.474. The Hall–Kier alpha value is -4.50. The van der Waals surface area contributed by atoms with Crippen molar-refractivity contribution in [2.24, 2.45) is 4.99 Å². The molecule has 1 saturated heterocycles. The molecule has 3 heterocycles. The summed E-state index contributed by atoms with van der Waals surface area (Å²) in [4.78, 5) is 35.0. The number of hydrogen-bond acceptors (Lipinski definition) is 10. The number of ether oxygens (including phenoxy) is 5. The van der Waals surface area contributed by atoms with Crippen LogP contribution >= 0.6 is 7.14 Å². The number of rotatable bonds is 15. The van der Waals surface area contributed by atoms with E-state index < -0.39 is 7.14 Å². The van der Waals surface area contributed by atoms with Gasteiger partial charge in [-0.05, 0) is 51.3 Å². The van der Waals surface area contributed by atoms with Crippen molar-refractivity contribution in [3.05, 3.63) is 64.8 Å². The number of amides is 2. The number of nitrogens with zero attached hydrogens (tertiary/aromatic N) is 3. The van der Waals surface area contributed by atoms with Gasteiger partial charge in [-0.3, -0.25) is 9.59 Å². The summed E-state index contributed by atoms with van der Waals surface area (Å²) >= 11 is 0. The molecular formula is C38H49N4O8P. The minimum Gasteiger partial charge on any atom is -0.493 e. The Balaban J connectivity index is 1.26. The van der Waals surface area contributed by atoms with E-state index in [1.165, 1.54) is 19.8 Å². The van der Waals surface area contributed by atoms with Crippen LogP contribution in [0.2, 0.25) is 0 Å². The average molecular weight is 721 g/mol. The lowest BCUT2D eigenvalue weighted by molar-refractivity contribution is 0.0751. The van der Waals surface area contributed by atoms with E-state index in [1.807, 2.05) is 31.7 Å². The Morgan fingerprint density at radius 3 is 2.25 bits per heavy atom. The molecule has 2 atom stereocenters. The zero-order valence-corrected chi connectivity index (χ0v) is 31.3. The van der Waals surface area contributed by atoms with Crippen LogP contribution in [0.3, 0.4) is 0 Å². The first kappa shape index (κ1) is 37.7. The number of nitrogens with one attached hydrogen (secondary N) is 1. The van der Waals surface area contributed by atoms with E-state index in [4.69, 9.17) is 23.7 Å². The molecule has 0 radical (unpaired) electrons. The Labute approximate surface area is 300 Å². The monoisotopic (exact) mass is 720 g/mol. The van der Waals surface area contributed by atoms with Crippen LogP contribution in [0.5, 0.6) is 23.0 Å². The van der Waals surface area contributed by atoms with Crippen LogP contribution in [0.1, 0.15) is 47.9 Å². The average Bonchev–Trinajstić information content (AvgIpc) is 3.51. The van der Waals surface area contributed by atoms with Crippen molar-refractivity contribution >= 4 is 36.2 Å². The third-order valence-electron chi connectivity index (χ3n) is 9.58. The molecule has 2 unspecified atom stereocenters. The molecule has 13 heteroatoms. The van der Waals surface area contributed by atoms with Gasteiger partial charge in [-0.1, -0.05) is 23.3 Å². The van der Waals surface area contributed by atoms with Gasteiger partial charge in [-0.2, -0.15) is 0 Å². The van der Waals surface area contributed by atoms with Crippen LogP contribution in [0, 0.1) is 0 Å². The van der Waals surface area contributed by atoms with Gasteiger partial charge in [0.15, 0.2) is 23.0 Å². The van der Waals surface area contributed by atoms with E-state index in [-0.39, 0.29) is 43.4 Å². The first-order chi connectivity index (χ1) is 24.6. The van der Waals surface area contributed by atoms with Gasteiger partial charge in [-0.25, -0.2) is 4.99 Å². The smallest absolute Gasteiger partial charge is 0.256 e. The molecule has 2 amide bonds. The Kier molecular flexibility index (Phi) is 12.7. The van der Waals surface area contributed by atoms with Crippen molar-refractivity contribution in [2.75, 3.05) is 91.1 Å². The topological polar surface area (TPSA) is 128 Å². The number of aliphatic imine (C=N–C) groups is 1. The van der Waals surface area contributed by atoms with E-state index >= 15 is 0 Å². The molecule has 3 aliphatic rings. The number of carbonyl (C=O) groups excluding carboxylic acids is 2. The first-order valence-electron chi connectivity index (χ1n) is 17.3. The standard InChI is InChI=1S/C38H49N4O8P/c1-7-26(3)24-41-11-9-10-39-31-21-35(33(47-5)19-29(31)37(41)43)49-13-16-51(45,15-12-46-4)17-14-50-36-22-32-30(20-34(36)48-6)38(44)42-25-27(8-2)18-28(42)23-40-32/h7-9,19-22,28,40H,11-18,23-25H2,1-6H3. The van der Waals surface area contributed by atoms with Gasteiger partial charge in [0.1, 0.15) is 0 Å². The molecule has 12 nitrogen and oxygen atoms in total. The molecule has 5 rings (SSSR count). The molecule has 0 spiro atoms. The normalized spacial score (nSPS) is 19.0. The van der Waals surface area contributed by atoms with Gasteiger partial charge >= 0.3 is 0 Å². The maximum Gasteiger partial charge on any atom is 0.256 e. The second-order valence-corrected chi connectivity index (χ2v) is 16.3. The second-order valence-electron chi connectivity index (χ2n) is 12.9. The summed E-state index contributed by atoms with van der Waals surface area (Å²) in [6, 6.07) is 6.90. The van der Waals surface area contributed by atoms with Gasteiger partial charge in [0.2, 0.25) is 0 Å². The summed E-state index contributed by atoms with van der Waals surface area (Å²) < 4.78 is 43.0. The van der Waals surface area contributed by atoms with Gasteiger partial charge in [0.25, 0.3) is 11.8 Å². The third-order valence-corrected chi connectivity index (χ3v) is 12.6. The van der Waals surface area contributed by atoms with Crippen molar-refractivity contribution in [1.29, 1.82) is 0 Å². The largest absolute Gasteiger partial charge is 0.493 e. The lowest BCUT2D eigenvalue weighted by Gasteiger charge is -2.24. The molecule has 3 aliphatic heterocycles. The van der Waals surface area contributed by atoms with Gasteiger partial charge in [-0.15, -0.1) is 0 Å². The highest BCUT2D eigenvalue weighted by Gasteiger charge is 2.36. The van der Waals surface area contributed by atoms with E-state index in [2.05, 4.69) is 22.3 Å². The van der Waals surface area contributed by atoms with E-state index in [0.29, 0.717) is 84.4 Å². The number of allylic oxidation sites excluding steroid dienone is 2. The molecule has 2 aromatic carbocycles. The fourth-order valence-corrected chi connectivity index (χ4v) is 8.40. The first-order valence-corrected chi connectivity index (χ1v) is 19.5. The zero-order chi connectivity index (χ0) is 36.5. The molecule has 0 bridgehead atoms. The predicted octanol–water partition coefficient (Wildman–Crippen LogP) is 6.04. The van der Waals surface area contributed by atoms with E-state index in [9.17, 15) is 14.2 Å². The second kappa shape index (κ2) is 17.1. The van der Waals surface area contributed by atoms with E-state index in [0.717, 1.165) is 12.0 Å². The molecule has 0 saturated carbocycles. The number of fused-ring (bicyclic) bond motifs is 3. The van der Waals surface area contributed by atoms with Crippen molar-refractivity contribution in [1.82, 2.24) is 9.80 Å². The number of hydrogen-bond donors (Lipinski definition) is 1. The third kappa shape index (κ3) is 8.87. The van der Waals surface area contributed by atoms with Crippen molar-refractivity contribution in [3.63, 3.8) is 0 Å². The van der Waals surface area contributed by atoms with Crippen molar-refractivity contribution in [3.8, 4) is 23.0 Å². The lowest BCUT2D eigenvalue weighted by atomic mass is 10.1. The van der Waals surface area contributed by atoms with Crippen molar-refractivity contribution < 1.29 is 37.8 Å². The molecule has 2 aromatic rings. The summed E-state index contributed by atoms with van der Waals surface area (Å²) in [7, 11) is 1.80. The Morgan fingerprint density at radius 1 is 0.941 bits per heavy atom.